The fourth-order valence-corrected chi connectivity index (χ4v) is 3.73. The predicted octanol–water partition coefficient (Wildman–Crippen LogP) is 4.44. The zero-order chi connectivity index (χ0) is 22.7. The summed E-state index contributed by atoms with van der Waals surface area (Å²) in [4.78, 5) is 26.3. The highest BCUT2D eigenvalue weighted by molar-refractivity contribution is 7.08. The van der Waals surface area contributed by atoms with Crippen molar-refractivity contribution >= 4 is 23.1 Å². The maximum atomic E-state index is 12.5. The molecule has 0 atom stereocenters. The molecule has 4 rings (SSSR count). The average Bonchev–Trinajstić information content (AvgIpc) is 3.36. The van der Waals surface area contributed by atoms with Gasteiger partial charge in [0.2, 0.25) is 5.88 Å². The summed E-state index contributed by atoms with van der Waals surface area (Å²) in [6.45, 7) is 7.79. The molecule has 0 bridgehead atoms. The van der Waals surface area contributed by atoms with Crippen molar-refractivity contribution in [2.45, 2.75) is 40.5 Å². The molecule has 9 nitrogen and oxygen atoms in total. The minimum atomic E-state index is -0.209. The Labute approximate surface area is 189 Å². The molecule has 0 unspecified atom stereocenters. The van der Waals surface area contributed by atoms with Crippen molar-refractivity contribution in [3.63, 3.8) is 0 Å². The lowest BCUT2D eigenvalue weighted by atomic mass is 10.2. The molecule has 3 aromatic heterocycles. The minimum Gasteiger partial charge on any atom is -0.439 e. The van der Waals surface area contributed by atoms with Gasteiger partial charge in [0.15, 0.2) is 0 Å². The lowest BCUT2D eigenvalue weighted by molar-refractivity contribution is 0.102. The van der Waals surface area contributed by atoms with E-state index in [-0.39, 0.29) is 5.91 Å². The number of carbonyl (C=O) groups excluding carboxylic acids is 1. The highest BCUT2D eigenvalue weighted by Gasteiger charge is 2.16. The topological polar surface area (TPSA) is 108 Å². The second-order valence-electron chi connectivity index (χ2n) is 7.28. The molecule has 0 fully saturated rings. The molecule has 0 radical (unpaired) electrons. The number of aryl methyl sites for hydroxylation is 3. The molecular formula is C22H23N7O2S. The molecule has 0 saturated heterocycles. The molecule has 0 aliphatic carbocycles. The number of nitrogens with one attached hydrogen (secondary N) is 1. The smallest absolute Gasteiger partial charge is 0.269 e. The van der Waals surface area contributed by atoms with Crippen LogP contribution >= 0.6 is 11.5 Å². The van der Waals surface area contributed by atoms with Gasteiger partial charge in [0.1, 0.15) is 28.6 Å². The van der Waals surface area contributed by atoms with E-state index in [1.54, 1.807) is 36.7 Å². The summed E-state index contributed by atoms with van der Waals surface area (Å²) in [5, 5.41) is 6.92. The van der Waals surface area contributed by atoms with Gasteiger partial charge in [0.25, 0.3) is 5.91 Å². The van der Waals surface area contributed by atoms with Crippen LogP contribution in [-0.4, -0.2) is 35.0 Å². The highest BCUT2D eigenvalue weighted by atomic mass is 32.1. The number of nitrogens with zero attached hydrogens (tertiary/aromatic N) is 6. The van der Waals surface area contributed by atoms with Crippen LogP contribution in [0.2, 0.25) is 0 Å². The van der Waals surface area contributed by atoms with Gasteiger partial charge in [-0.1, -0.05) is 17.8 Å². The van der Waals surface area contributed by atoms with Crippen molar-refractivity contribution in [3.05, 3.63) is 64.4 Å². The molecule has 1 N–H and O–H groups in total. The van der Waals surface area contributed by atoms with Crippen LogP contribution in [0.1, 0.15) is 45.9 Å². The first-order valence-corrected chi connectivity index (χ1v) is 11.0. The molecule has 164 valence electrons. The lowest BCUT2D eigenvalue weighted by Gasteiger charge is -2.10. The van der Waals surface area contributed by atoms with Gasteiger partial charge in [-0.2, -0.15) is 4.98 Å². The van der Waals surface area contributed by atoms with Crippen LogP contribution in [0, 0.1) is 20.8 Å². The van der Waals surface area contributed by atoms with E-state index in [2.05, 4.69) is 29.9 Å². The molecule has 1 aromatic carbocycles. The molecule has 0 aliphatic rings. The maximum absolute atomic E-state index is 12.5. The number of carbonyl (C=O) groups is 1. The van der Waals surface area contributed by atoms with Crippen molar-refractivity contribution < 1.29 is 9.53 Å². The van der Waals surface area contributed by atoms with Gasteiger partial charge in [-0.05, 0) is 63.0 Å². The quantitative estimate of drug-likeness (QED) is 0.444. The number of hydrogen-bond donors (Lipinski definition) is 1. The summed E-state index contributed by atoms with van der Waals surface area (Å²) in [5.74, 6) is 2.09. The van der Waals surface area contributed by atoms with E-state index in [9.17, 15) is 4.79 Å². The van der Waals surface area contributed by atoms with Crippen molar-refractivity contribution in [3.8, 4) is 17.4 Å². The summed E-state index contributed by atoms with van der Waals surface area (Å²) in [5.41, 5.74) is 3.33. The van der Waals surface area contributed by atoms with Crippen LogP contribution in [0.3, 0.4) is 0 Å². The number of rotatable bonds is 7. The summed E-state index contributed by atoms with van der Waals surface area (Å²) in [7, 11) is 0. The van der Waals surface area contributed by atoms with Gasteiger partial charge in [-0.15, -0.1) is 5.10 Å². The third-order valence-corrected chi connectivity index (χ3v) is 5.65. The molecule has 4 aromatic rings. The maximum Gasteiger partial charge on any atom is 0.269 e. The minimum absolute atomic E-state index is 0.209. The number of ether oxygens (including phenoxy) is 1. The van der Waals surface area contributed by atoms with Gasteiger partial charge < -0.3 is 10.1 Å². The van der Waals surface area contributed by atoms with Crippen molar-refractivity contribution in [2.24, 2.45) is 0 Å². The fourth-order valence-electron chi connectivity index (χ4n) is 3.13. The largest absolute Gasteiger partial charge is 0.439 e. The Morgan fingerprint density at radius 3 is 2.62 bits per heavy atom. The fraction of sp³-hybridized carbons (Fsp3) is 0.273. The molecular weight excluding hydrogens is 426 g/mol. The van der Waals surface area contributed by atoms with E-state index in [0.29, 0.717) is 33.8 Å². The van der Waals surface area contributed by atoms with Gasteiger partial charge in [-0.25, -0.2) is 9.97 Å². The molecule has 1 amide bonds. The van der Waals surface area contributed by atoms with Crippen LogP contribution in [0.4, 0.5) is 5.69 Å². The Balaban J connectivity index is 1.48. The monoisotopic (exact) mass is 449 g/mol. The van der Waals surface area contributed by atoms with E-state index in [4.69, 9.17) is 4.74 Å². The Hall–Kier alpha value is -3.66. The standard InChI is InChI=1S/C22H23N7O2S/c1-5-6-18-21(32-28-27-18)22(30)26-16-7-9-17(10-8-16)31-20-11-19(24-15(4)25-20)29-12-23-13(2)14(29)3/h7-12H,5-6H2,1-4H3,(H,26,30). The third-order valence-electron chi connectivity index (χ3n) is 4.88. The van der Waals surface area contributed by atoms with Crippen LogP contribution in [0.15, 0.2) is 36.7 Å². The number of amides is 1. The third kappa shape index (κ3) is 4.65. The summed E-state index contributed by atoms with van der Waals surface area (Å²) < 4.78 is 11.7. The van der Waals surface area contributed by atoms with E-state index in [1.165, 1.54) is 0 Å². The Kier molecular flexibility index (Phi) is 6.22. The second kappa shape index (κ2) is 9.23. The van der Waals surface area contributed by atoms with E-state index in [1.807, 2.05) is 32.3 Å². The Bertz CT molecular complexity index is 1250. The van der Waals surface area contributed by atoms with E-state index >= 15 is 0 Å². The molecule has 32 heavy (non-hydrogen) atoms. The van der Waals surface area contributed by atoms with Crippen molar-refractivity contribution in [1.82, 2.24) is 29.1 Å². The van der Waals surface area contributed by atoms with Gasteiger partial charge >= 0.3 is 0 Å². The number of benzene rings is 1. The predicted molar refractivity (Wildman–Crippen MR) is 122 cm³/mol. The van der Waals surface area contributed by atoms with Crippen molar-refractivity contribution in [2.75, 3.05) is 5.32 Å². The lowest BCUT2D eigenvalue weighted by Crippen LogP contribution is -2.12. The summed E-state index contributed by atoms with van der Waals surface area (Å²) in [6.07, 6.45) is 3.37. The van der Waals surface area contributed by atoms with E-state index < -0.39 is 0 Å². The summed E-state index contributed by atoms with van der Waals surface area (Å²) >= 11 is 1.11. The number of anilines is 1. The zero-order valence-corrected chi connectivity index (χ0v) is 19.1. The second-order valence-corrected chi connectivity index (χ2v) is 8.03. The number of imidazole rings is 1. The van der Waals surface area contributed by atoms with Gasteiger partial charge in [0, 0.05) is 17.4 Å². The zero-order valence-electron chi connectivity index (χ0n) is 18.3. The molecule has 3 heterocycles. The Morgan fingerprint density at radius 2 is 1.94 bits per heavy atom. The average molecular weight is 450 g/mol. The first-order valence-electron chi connectivity index (χ1n) is 10.2. The molecule has 0 saturated carbocycles. The van der Waals surface area contributed by atoms with E-state index in [0.717, 1.165) is 41.5 Å². The number of hydrogen-bond acceptors (Lipinski definition) is 8. The van der Waals surface area contributed by atoms with Crippen LogP contribution < -0.4 is 10.1 Å². The Morgan fingerprint density at radius 1 is 1.16 bits per heavy atom. The molecule has 0 aliphatic heterocycles. The normalized spacial score (nSPS) is 10.9. The first kappa shape index (κ1) is 21.6. The number of aromatic nitrogens is 6. The van der Waals surface area contributed by atoms with Crippen molar-refractivity contribution in [1.29, 1.82) is 0 Å². The molecule has 0 spiro atoms. The highest BCUT2D eigenvalue weighted by Crippen LogP contribution is 2.24. The summed E-state index contributed by atoms with van der Waals surface area (Å²) in [6, 6.07) is 8.87. The SMILES string of the molecule is CCCc1nnsc1C(=O)Nc1ccc(Oc2cc(-n3cnc(C)c3C)nc(C)n2)cc1. The van der Waals surface area contributed by atoms with Crippen LogP contribution in [0.5, 0.6) is 11.6 Å². The molecule has 10 heteroatoms. The van der Waals surface area contributed by atoms with Crippen LogP contribution in [-0.2, 0) is 6.42 Å². The van der Waals surface area contributed by atoms with Crippen LogP contribution in [0.25, 0.3) is 5.82 Å². The van der Waals surface area contributed by atoms with Gasteiger partial charge in [0.05, 0.1) is 11.4 Å². The first-order chi connectivity index (χ1) is 15.4. The van der Waals surface area contributed by atoms with Gasteiger partial charge in [-0.3, -0.25) is 9.36 Å².